The molecule has 148 valence electrons. The summed E-state index contributed by atoms with van der Waals surface area (Å²) < 4.78 is 10.5. The molecular formula is C21H40O4. The van der Waals surface area contributed by atoms with Gasteiger partial charge in [0, 0.05) is 0 Å². The molecule has 0 aliphatic heterocycles. The molecule has 0 unspecified atom stereocenters. The van der Waals surface area contributed by atoms with Crippen LogP contribution in [-0.4, -0.2) is 25.2 Å². The summed E-state index contributed by atoms with van der Waals surface area (Å²) in [6, 6.07) is 0. The maximum Gasteiger partial charge on any atom is 0.322 e. The number of hydrogen-bond acceptors (Lipinski definition) is 4. The summed E-state index contributed by atoms with van der Waals surface area (Å²) in [5.74, 6) is -0.513. The summed E-state index contributed by atoms with van der Waals surface area (Å²) in [6.07, 6.45) is 11.8. The fourth-order valence-corrected chi connectivity index (χ4v) is 2.41. The van der Waals surface area contributed by atoms with E-state index in [0.29, 0.717) is 19.1 Å². The first-order chi connectivity index (χ1) is 11.8. The zero-order valence-corrected chi connectivity index (χ0v) is 17.2. The summed E-state index contributed by atoms with van der Waals surface area (Å²) >= 11 is 0. The topological polar surface area (TPSA) is 52.6 Å². The van der Waals surface area contributed by atoms with Crippen LogP contribution in [-0.2, 0) is 19.1 Å². The molecule has 25 heavy (non-hydrogen) atoms. The van der Waals surface area contributed by atoms with Crippen LogP contribution in [0.4, 0.5) is 0 Å². The molecule has 0 spiro atoms. The Bertz CT molecular complexity index is 361. The third kappa shape index (κ3) is 12.0. The second-order valence-electron chi connectivity index (χ2n) is 7.91. The van der Waals surface area contributed by atoms with Crippen LogP contribution in [0.2, 0.25) is 0 Å². The lowest BCUT2D eigenvalue weighted by molar-refractivity contribution is -0.170. The quantitative estimate of drug-likeness (QED) is 0.215. The monoisotopic (exact) mass is 356 g/mol. The molecule has 0 aromatic carbocycles. The van der Waals surface area contributed by atoms with Gasteiger partial charge in [0.15, 0.2) is 5.41 Å². The van der Waals surface area contributed by atoms with Crippen molar-refractivity contribution in [3.8, 4) is 0 Å². The van der Waals surface area contributed by atoms with Crippen molar-refractivity contribution in [2.75, 3.05) is 13.2 Å². The van der Waals surface area contributed by atoms with Crippen molar-refractivity contribution < 1.29 is 19.1 Å². The number of ether oxygens (including phenoxy) is 2. The van der Waals surface area contributed by atoms with E-state index in [9.17, 15) is 9.59 Å². The molecule has 0 fully saturated rings. The van der Waals surface area contributed by atoms with E-state index in [0.717, 1.165) is 19.3 Å². The van der Waals surface area contributed by atoms with Crippen LogP contribution in [0.15, 0.2) is 0 Å². The molecular weight excluding hydrogens is 316 g/mol. The Hall–Kier alpha value is -1.06. The molecule has 0 aliphatic carbocycles. The molecule has 0 aliphatic rings. The largest absolute Gasteiger partial charge is 0.465 e. The number of rotatable bonds is 15. The van der Waals surface area contributed by atoms with Crippen LogP contribution in [0.3, 0.4) is 0 Å². The van der Waals surface area contributed by atoms with Crippen molar-refractivity contribution in [3.05, 3.63) is 0 Å². The lowest BCUT2D eigenvalue weighted by Gasteiger charge is -2.21. The van der Waals surface area contributed by atoms with Gasteiger partial charge in [0.1, 0.15) is 0 Å². The van der Waals surface area contributed by atoms with E-state index < -0.39 is 17.4 Å². The molecule has 0 rings (SSSR count). The Balaban J connectivity index is 3.76. The van der Waals surface area contributed by atoms with Crippen molar-refractivity contribution in [3.63, 3.8) is 0 Å². The van der Waals surface area contributed by atoms with Crippen LogP contribution in [0, 0.1) is 11.3 Å². The number of carbonyl (C=O) groups is 2. The second-order valence-corrected chi connectivity index (χ2v) is 7.91. The highest BCUT2D eigenvalue weighted by molar-refractivity contribution is 5.99. The maximum atomic E-state index is 12.1. The van der Waals surface area contributed by atoms with E-state index >= 15 is 0 Å². The molecule has 0 bridgehead atoms. The third-order valence-corrected chi connectivity index (χ3v) is 4.43. The minimum atomic E-state index is -1.23. The van der Waals surface area contributed by atoms with Gasteiger partial charge in [0.05, 0.1) is 13.2 Å². The van der Waals surface area contributed by atoms with Gasteiger partial charge in [-0.2, -0.15) is 0 Å². The van der Waals surface area contributed by atoms with Crippen molar-refractivity contribution in [1.82, 2.24) is 0 Å². The average Bonchev–Trinajstić information content (AvgIpc) is 2.55. The van der Waals surface area contributed by atoms with Crippen LogP contribution in [0.1, 0.15) is 98.8 Å². The van der Waals surface area contributed by atoms with Gasteiger partial charge < -0.3 is 9.47 Å². The van der Waals surface area contributed by atoms with Crippen molar-refractivity contribution >= 4 is 11.9 Å². The summed E-state index contributed by atoms with van der Waals surface area (Å²) in [6.45, 7) is 10.3. The van der Waals surface area contributed by atoms with Crippen LogP contribution < -0.4 is 0 Å². The van der Waals surface area contributed by atoms with E-state index in [1.165, 1.54) is 44.9 Å². The Morgan fingerprint density at radius 1 is 0.760 bits per heavy atom. The molecule has 0 radical (unpaired) electrons. The molecule has 0 amide bonds. The third-order valence-electron chi connectivity index (χ3n) is 4.43. The van der Waals surface area contributed by atoms with E-state index in [1.54, 1.807) is 13.8 Å². The fourth-order valence-electron chi connectivity index (χ4n) is 2.41. The van der Waals surface area contributed by atoms with E-state index in [4.69, 9.17) is 9.47 Å². The Kier molecular flexibility index (Phi) is 13.5. The minimum Gasteiger partial charge on any atom is -0.465 e. The van der Waals surface area contributed by atoms with Crippen LogP contribution >= 0.6 is 0 Å². The highest BCUT2D eigenvalue weighted by atomic mass is 16.6. The molecule has 0 saturated heterocycles. The molecule has 0 aromatic rings. The molecule has 4 nitrogen and oxygen atoms in total. The van der Waals surface area contributed by atoms with Gasteiger partial charge in [0.2, 0.25) is 0 Å². The minimum absolute atomic E-state index is 0.353. The van der Waals surface area contributed by atoms with Gasteiger partial charge in [-0.25, -0.2) is 0 Å². The van der Waals surface area contributed by atoms with Crippen molar-refractivity contribution in [2.24, 2.45) is 11.3 Å². The predicted molar refractivity (Wildman–Crippen MR) is 102 cm³/mol. The lowest BCUT2D eigenvalue weighted by atomic mass is 9.94. The standard InChI is InChI=1S/C21H40O4/c1-6-7-8-9-10-11-12-13-14-16-24-19(22)21(4,5)20(23)25-17-15-18(2)3/h18H,6-17H2,1-5H3. The first-order valence-electron chi connectivity index (χ1n) is 10.2. The number of esters is 2. The number of carbonyl (C=O) groups excluding carboxylic acids is 2. The first kappa shape index (κ1) is 23.9. The fraction of sp³-hybridized carbons (Fsp3) is 0.905. The summed E-state index contributed by atoms with van der Waals surface area (Å²) in [5, 5.41) is 0. The first-order valence-corrected chi connectivity index (χ1v) is 10.2. The number of unbranched alkanes of at least 4 members (excludes halogenated alkanes) is 8. The van der Waals surface area contributed by atoms with Gasteiger partial charge in [-0.05, 0) is 32.6 Å². The van der Waals surface area contributed by atoms with E-state index in [1.807, 2.05) is 0 Å². The van der Waals surface area contributed by atoms with E-state index in [-0.39, 0.29) is 0 Å². The number of hydrogen-bond donors (Lipinski definition) is 0. The summed E-state index contributed by atoms with van der Waals surface area (Å²) in [4.78, 5) is 24.2. The van der Waals surface area contributed by atoms with Gasteiger partial charge in [0.25, 0.3) is 0 Å². The molecule has 0 N–H and O–H groups in total. The summed E-state index contributed by atoms with van der Waals surface area (Å²) in [7, 11) is 0. The lowest BCUT2D eigenvalue weighted by Crippen LogP contribution is -2.37. The van der Waals surface area contributed by atoms with Gasteiger partial charge in [-0.3, -0.25) is 9.59 Å². The predicted octanol–water partition coefficient (Wildman–Crippen LogP) is 5.68. The summed E-state index contributed by atoms with van der Waals surface area (Å²) in [5.41, 5.74) is -1.23. The van der Waals surface area contributed by atoms with Gasteiger partial charge in [-0.1, -0.05) is 72.1 Å². The second kappa shape index (κ2) is 14.1. The molecule has 0 aromatic heterocycles. The highest BCUT2D eigenvalue weighted by Gasteiger charge is 2.39. The Morgan fingerprint density at radius 2 is 1.20 bits per heavy atom. The van der Waals surface area contributed by atoms with Gasteiger partial charge in [-0.15, -0.1) is 0 Å². The molecule has 0 heterocycles. The molecule has 0 saturated carbocycles. The smallest absolute Gasteiger partial charge is 0.322 e. The van der Waals surface area contributed by atoms with E-state index in [2.05, 4.69) is 20.8 Å². The van der Waals surface area contributed by atoms with Crippen LogP contribution in [0.5, 0.6) is 0 Å². The Morgan fingerprint density at radius 3 is 1.68 bits per heavy atom. The van der Waals surface area contributed by atoms with Crippen molar-refractivity contribution in [2.45, 2.75) is 98.8 Å². The van der Waals surface area contributed by atoms with Crippen molar-refractivity contribution in [1.29, 1.82) is 0 Å². The molecule has 4 heteroatoms. The molecule has 0 atom stereocenters. The normalized spacial score (nSPS) is 11.6. The zero-order valence-electron chi connectivity index (χ0n) is 17.2. The van der Waals surface area contributed by atoms with Gasteiger partial charge >= 0.3 is 11.9 Å². The zero-order chi connectivity index (χ0) is 19.1. The average molecular weight is 357 g/mol. The SMILES string of the molecule is CCCCCCCCCCCOC(=O)C(C)(C)C(=O)OCCC(C)C. The maximum absolute atomic E-state index is 12.1. The highest BCUT2D eigenvalue weighted by Crippen LogP contribution is 2.20. The van der Waals surface area contributed by atoms with Crippen LogP contribution in [0.25, 0.3) is 0 Å². The Labute approximate surface area is 155 Å².